The maximum atomic E-state index is 5.02. The molecule has 0 aliphatic carbocycles. The third kappa shape index (κ3) is 5.37. The molecule has 0 aromatic rings. The SMILES string of the molecule is CCCC1(C)CCCN(C(=NCC2CCN(CC)C2)NCC)C1. The third-order valence-electron chi connectivity index (χ3n) is 5.59. The molecule has 0 spiro atoms. The Bertz CT molecular complexity index is 378. The number of piperidine rings is 1. The van der Waals surface area contributed by atoms with Gasteiger partial charge in [-0.15, -0.1) is 0 Å². The number of aliphatic imine (C=N–C) groups is 1. The van der Waals surface area contributed by atoms with Crippen molar-refractivity contribution < 1.29 is 0 Å². The number of hydrogen-bond donors (Lipinski definition) is 1. The Morgan fingerprint density at radius 2 is 2.09 bits per heavy atom. The van der Waals surface area contributed by atoms with Crippen molar-refractivity contribution in [3.63, 3.8) is 0 Å². The molecule has 2 unspecified atom stereocenters. The fourth-order valence-electron chi connectivity index (χ4n) is 4.29. The second-order valence-electron chi connectivity index (χ2n) is 7.83. The van der Waals surface area contributed by atoms with Crippen LogP contribution in [0.2, 0.25) is 0 Å². The van der Waals surface area contributed by atoms with Gasteiger partial charge in [0, 0.05) is 32.7 Å². The average molecular weight is 323 g/mol. The molecular weight excluding hydrogens is 284 g/mol. The summed E-state index contributed by atoms with van der Waals surface area (Å²) in [6, 6.07) is 0. The van der Waals surface area contributed by atoms with E-state index in [-0.39, 0.29) is 0 Å². The lowest BCUT2D eigenvalue weighted by atomic mass is 9.78. The summed E-state index contributed by atoms with van der Waals surface area (Å²) in [6.45, 7) is 17.2. The third-order valence-corrected chi connectivity index (χ3v) is 5.59. The number of likely N-dealkylation sites (tertiary alicyclic amines) is 2. The Kier molecular flexibility index (Phi) is 7.19. The van der Waals surface area contributed by atoms with Gasteiger partial charge < -0.3 is 15.1 Å². The highest BCUT2D eigenvalue weighted by atomic mass is 15.3. The maximum Gasteiger partial charge on any atom is 0.193 e. The number of nitrogens with one attached hydrogen (secondary N) is 1. The monoisotopic (exact) mass is 322 g/mol. The van der Waals surface area contributed by atoms with E-state index in [1.807, 2.05) is 0 Å². The van der Waals surface area contributed by atoms with Crippen LogP contribution in [0.15, 0.2) is 4.99 Å². The van der Waals surface area contributed by atoms with Crippen molar-refractivity contribution in [1.82, 2.24) is 15.1 Å². The molecule has 1 N–H and O–H groups in total. The molecule has 0 aromatic carbocycles. The van der Waals surface area contributed by atoms with E-state index in [0.717, 1.165) is 31.5 Å². The molecule has 0 radical (unpaired) electrons. The smallest absolute Gasteiger partial charge is 0.193 e. The van der Waals surface area contributed by atoms with Crippen LogP contribution in [0.1, 0.15) is 59.8 Å². The highest BCUT2D eigenvalue weighted by Crippen LogP contribution is 2.34. The van der Waals surface area contributed by atoms with E-state index in [1.54, 1.807) is 0 Å². The van der Waals surface area contributed by atoms with Gasteiger partial charge in [0.15, 0.2) is 5.96 Å². The number of nitrogens with zero attached hydrogens (tertiary/aromatic N) is 3. The fraction of sp³-hybridized carbons (Fsp3) is 0.947. The molecule has 2 aliphatic heterocycles. The molecule has 2 saturated heterocycles. The summed E-state index contributed by atoms with van der Waals surface area (Å²) in [6.07, 6.45) is 6.59. The van der Waals surface area contributed by atoms with Gasteiger partial charge in [-0.25, -0.2) is 0 Å². The quantitative estimate of drug-likeness (QED) is 0.602. The first-order valence-electron chi connectivity index (χ1n) is 9.85. The fourth-order valence-corrected chi connectivity index (χ4v) is 4.29. The second kappa shape index (κ2) is 8.91. The number of guanidine groups is 1. The molecule has 0 bridgehead atoms. The molecule has 4 heteroatoms. The Balaban J connectivity index is 1.95. The van der Waals surface area contributed by atoms with Gasteiger partial charge in [-0.2, -0.15) is 0 Å². The summed E-state index contributed by atoms with van der Waals surface area (Å²) in [4.78, 5) is 10.1. The molecular formula is C19H38N4. The highest BCUT2D eigenvalue weighted by Gasteiger charge is 2.31. The largest absolute Gasteiger partial charge is 0.357 e. The zero-order valence-corrected chi connectivity index (χ0v) is 15.9. The van der Waals surface area contributed by atoms with Gasteiger partial charge >= 0.3 is 0 Å². The molecule has 2 rings (SSSR count). The van der Waals surface area contributed by atoms with E-state index in [2.05, 4.69) is 42.8 Å². The zero-order valence-electron chi connectivity index (χ0n) is 15.9. The van der Waals surface area contributed by atoms with Crippen molar-refractivity contribution in [2.24, 2.45) is 16.3 Å². The van der Waals surface area contributed by atoms with Gasteiger partial charge in [0.1, 0.15) is 0 Å². The molecule has 2 heterocycles. The van der Waals surface area contributed by atoms with Crippen LogP contribution in [0.5, 0.6) is 0 Å². The molecule has 2 fully saturated rings. The first-order chi connectivity index (χ1) is 11.1. The summed E-state index contributed by atoms with van der Waals surface area (Å²) in [5.41, 5.74) is 0.468. The molecule has 0 saturated carbocycles. The van der Waals surface area contributed by atoms with E-state index in [1.165, 1.54) is 58.3 Å². The standard InChI is InChI=1S/C19H38N4/c1-5-10-19(4)11-8-12-23(16-19)18(20-6-2)21-14-17-9-13-22(7-3)15-17/h17H,5-16H2,1-4H3,(H,20,21). The normalized spacial score (nSPS) is 30.0. The van der Waals surface area contributed by atoms with Crippen molar-refractivity contribution in [1.29, 1.82) is 0 Å². The minimum Gasteiger partial charge on any atom is -0.357 e. The predicted octanol–water partition coefficient (Wildman–Crippen LogP) is 3.20. The van der Waals surface area contributed by atoms with Crippen LogP contribution in [0.25, 0.3) is 0 Å². The Morgan fingerprint density at radius 3 is 2.74 bits per heavy atom. The van der Waals surface area contributed by atoms with Crippen LogP contribution < -0.4 is 5.32 Å². The summed E-state index contributed by atoms with van der Waals surface area (Å²) < 4.78 is 0. The van der Waals surface area contributed by atoms with Gasteiger partial charge in [-0.1, -0.05) is 27.2 Å². The van der Waals surface area contributed by atoms with Crippen molar-refractivity contribution >= 4 is 5.96 Å². The Morgan fingerprint density at radius 1 is 1.26 bits per heavy atom. The van der Waals surface area contributed by atoms with E-state index in [9.17, 15) is 0 Å². The predicted molar refractivity (Wildman–Crippen MR) is 100 cm³/mol. The Labute approximate surface area is 143 Å². The average Bonchev–Trinajstić information content (AvgIpc) is 2.99. The van der Waals surface area contributed by atoms with Gasteiger partial charge in [0.25, 0.3) is 0 Å². The lowest BCUT2D eigenvalue weighted by Gasteiger charge is -2.42. The highest BCUT2D eigenvalue weighted by molar-refractivity contribution is 5.80. The summed E-state index contributed by atoms with van der Waals surface area (Å²) in [5.74, 6) is 1.90. The van der Waals surface area contributed by atoms with Gasteiger partial charge in [0.2, 0.25) is 0 Å². The molecule has 134 valence electrons. The van der Waals surface area contributed by atoms with Crippen LogP contribution in [-0.4, -0.2) is 61.6 Å². The van der Waals surface area contributed by atoms with Crippen molar-refractivity contribution in [2.75, 3.05) is 45.8 Å². The molecule has 4 nitrogen and oxygen atoms in total. The molecule has 0 aromatic heterocycles. The first kappa shape index (κ1) is 18.6. The summed E-state index contributed by atoms with van der Waals surface area (Å²) in [5, 5.41) is 3.54. The van der Waals surface area contributed by atoms with Crippen LogP contribution in [0, 0.1) is 11.3 Å². The lowest BCUT2D eigenvalue weighted by Crippen LogP contribution is -2.50. The minimum absolute atomic E-state index is 0.468. The number of hydrogen-bond acceptors (Lipinski definition) is 2. The van der Waals surface area contributed by atoms with E-state index in [0.29, 0.717) is 5.41 Å². The lowest BCUT2D eigenvalue weighted by molar-refractivity contribution is 0.142. The second-order valence-corrected chi connectivity index (χ2v) is 7.83. The molecule has 0 amide bonds. The van der Waals surface area contributed by atoms with Gasteiger partial charge in [-0.3, -0.25) is 4.99 Å². The molecule has 2 atom stereocenters. The van der Waals surface area contributed by atoms with Crippen LogP contribution >= 0.6 is 0 Å². The number of rotatable bonds is 6. The summed E-state index contributed by atoms with van der Waals surface area (Å²) in [7, 11) is 0. The first-order valence-corrected chi connectivity index (χ1v) is 9.85. The van der Waals surface area contributed by atoms with Gasteiger partial charge in [0.05, 0.1) is 0 Å². The van der Waals surface area contributed by atoms with Crippen molar-refractivity contribution in [3.8, 4) is 0 Å². The van der Waals surface area contributed by atoms with Crippen LogP contribution in [0.3, 0.4) is 0 Å². The van der Waals surface area contributed by atoms with E-state index < -0.39 is 0 Å². The van der Waals surface area contributed by atoms with Crippen LogP contribution in [-0.2, 0) is 0 Å². The van der Waals surface area contributed by atoms with Crippen molar-refractivity contribution in [3.05, 3.63) is 0 Å². The van der Waals surface area contributed by atoms with Crippen LogP contribution in [0.4, 0.5) is 0 Å². The van der Waals surface area contributed by atoms with E-state index in [4.69, 9.17) is 4.99 Å². The summed E-state index contributed by atoms with van der Waals surface area (Å²) >= 11 is 0. The maximum absolute atomic E-state index is 5.02. The topological polar surface area (TPSA) is 30.9 Å². The zero-order chi connectivity index (χ0) is 16.7. The Hall–Kier alpha value is -0.770. The van der Waals surface area contributed by atoms with Gasteiger partial charge in [-0.05, 0) is 57.0 Å². The molecule has 23 heavy (non-hydrogen) atoms. The molecule has 2 aliphatic rings. The van der Waals surface area contributed by atoms with Crippen molar-refractivity contribution in [2.45, 2.75) is 59.8 Å². The minimum atomic E-state index is 0.468. The van der Waals surface area contributed by atoms with E-state index >= 15 is 0 Å².